The summed E-state index contributed by atoms with van der Waals surface area (Å²) in [7, 11) is 0. The number of carbonyl (C=O) groups excluding carboxylic acids is 1. The molecule has 0 saturated heterocycles. The van der Waals surface area contributed by atoms with Gasteiger partial charge in [0.25, 0.3) is 0 Å². The summed E-state index contributed by atoms with van der Waals surface area (Å²) < 4.78 is 0. The molecule has 4 heteroatoms. The van der Waals surface area contributed by atoms with Crippen LogP contribution >= 0.6 is 0 Å². The first-order valence-corrected chi connectivity index (χ1v) is 5.53. The van der Waals surface area contributed by atoms with Crippen molar-refractivity contribution in [1.82, 2.24) is 5.32 Å². The van der Waals surface area contributed by atoms with E-state index < -0.39 is 6.03 Å². The lowest BCUT2D eigenvalue weighted by Crippen LogP contribution is -2.20. The predicted molar refractivity (Wildman–Crippen MR) is 66.4 cm³/mol. The Hall–Kier alpha value is -1.55. The fraction of sp³-hybridized carbons (Fsp3) is 0.417. The molecular formula is C12H19N3O. The van der Waals surface area contributed by atoms with E-state index in [4.69, 9.17) is 5.73 Å². The number of urea groups is 1. The zero-order valence-corrected chi connectivity index (χ0v) is 9.79. The van der Waals surface area contributed by atoms with Gasteiger partial charge in [-0.25, -0.2) is 4.79 Å². The lowest BCUT2D eigenvalue weighted by atomic mass is 10.1. The van der Waals surface area contributed by atoms with E-state index in [1.54, 1.807) is 0 Å². The Morgan fingerprint density at radius 1 is 1.38 bits per heavy atom. The minimum Gasteiger partial charge on any atom is -0.351 e. The normalized spacial score (nSPS) is 12.1. The summed E-state index contributed by atoms with van der Waals surface area (Å²) in [5, 5.41) is 5.93. The fourth-order valence-electron chi connectivity index (χ4n) is 1.48. The van der Waals surface area contributed by atoms with Gasteiger partial charge in [-0.1, -0.05) is 19.1 Å². The van der Waals surface area contributed by atoms with E-state index in [9.17, 15) is 4.79 Å². The smallest absolute Gasteiger partial charge is 0.316 e. The molecule has 2 amide bonds. The van der Waals surface area contributed by atoms with Crippen LogP contribution in [0.25, 0.3) is 0 Å². The second kappa shape index (κ2) is 6.12. The SMILES string of the molecule is CCCNC(C)c1ccc(NC(N)=O)cc1. The van der Waals surface area contributed by atoms with Gasteiger partial charge in [0.15, 0.2) is 0 Å². The maximum Gasteiger partial charge on any atom is 0.316 e. The van der Waals surface area contributed by atoms with Crippen LogP contribution in [-0.2, 0) is 0 Å². The summed E-state index contributed by atoms with van der Waals surface area (Å²) in [6, 6.07) is 7.46. The first-order chi connectivity index (χ1) is 7.63. The third kappa shape index (κ3) is 3.90. The zero-order chi connectivity index (χ0) is 12.0. The van der Waals surface area contributed by atoms with Gasteiger partial charge in [0.05, 0.1) is 0 Å². The number of primary amides is 1. The number of hydrogen-bond donors (Lipinski definition) is 3. The molecule has 0 saturated carbocycles. The van der Waals surface area contributed by atoms with Crippen molar-refractivity contribution in [3.63, 3.8) is 0 Å². The summed E-state index contributed by atoms with van der Waals surface area (Å²) in [5.41, 5.74) is 6.94. The second-order valence-corrected chi connectivity index (χ2v) is 3.79. The molecule has 0 bridgehead atoms. The van der Waals surface area contributed by atoms with Crippen LogP contribution in [0.3, 0.4) is 0 Å². The highest BCUT2D eigenvalue weighted by atomic mass is 16.2. The van der Waals surface area contributed by atoms with E-state index in [1.807, 2.05) is 24.3 Å². The molecule has 1 aromatic rings. The molecule has 4 nitrogen and oxygen atoms in total. The van der Waals surface area contributed by atoms with Crippen LogP contribution in [0.1, 0.15) is 31.9 Å². The van der Waals surface area contributed by atoms with Crippen molar-refractivity contribution in [2.75, 3.05) is 11.9 Å². The summed E-state index contributed by atoms with van der Waals surface area (Å²) in [6.07, 6.45) is 1.12. The van der Waals surface area contributed by atoms with E-state index >= 15 is 0 Å². The van der Waals surface area contributed by atoms with Gasteiger partial charge >= 0.3 is 6.03 Å². The highest BCUT2D eigenvalue weighted by molar-refractivity contribution is 5.87. The van der Waals surface area contributed by atoms with Gasteiger partial charge < -0.3 is 16.4 Å². The van der Waals surface area contributed by atoms with Crippen LogP contribution in [-0.4, -0.2) is 12.6 Å². The molecule has 0 aliphatic rings. The van der Waals surface area contributed by atoms with Crippen LogP contribution in [0, 0.1) is 0 Å². The molecule has 0 radical (unpaired) electrons. The molecule has 1 unspecified atom stereocenters. The monoisotopic (exact) mass is 221 g/mol. The largest absolute Gasteiger partial charge is 0.351 e. The molecule has 16 heavy (non-hydrogen) atoms. The van der Waals surface area contributed by atoms with Gasteiger partial charge in [0.1, 0.15) is 0 Å². The number of rotatable bonds is 5. The number of nitrogens with one attached hydrogen (secondary N) is 2. The van der Waals surface area contributed by atoms with E-state index in [2.05, 4.69) is 24.5 Å². The van der Waals surface area contributed by atoms with Gasteiger partial charge in [-0.2, -0.15) is 0 Å². The number of anilines is 1. The fourth-order valence-corrected chi connectivity index (χ4v) is 1.48. The molecule has 0 aliphatic carbocycles. The molecule has 1 atom stereocenters. The third-order valence-corrected chi connectivity index (χ3v) is 2.38. The maximum absolute atomic E-state index is 10.6. The van der Waals surface area contributed by atoms with E-state index in [-0.39, 0.29) is 0 Å². The number of carbonyl (C=O) groups is 1. The molecule has 0 aromatic heterocycles. The Morgan fingerprint density at radius 3 is 2.50 bits per heavy atom. The molecule has 0 aliphatic heterocycles. The summed E-state index contributed by atoms with van der Waals surface area (Å²) in [6.45, 7) is 5.26. The molecule has 1 aromatic carbocycles. The average Bonchev–Trinajstić information content (AvgIpc) is 2.26. The van der Waals surface area contributed by atoms with Gasteiger partial charge in [-0.05, 0) is 37.6 Å². The van der Waals surface area contributed by atoms with Gasteiger partial charge in [0.2, 0.25) is 0 Å². The first-order valence-electron chi connectivity index (χ1n) is 5.53. The number of nitrogens with two attached hydrogens (primary N) is 1. The Kier molecular flexibility index (Phi) is 4.79. The highest BCUT2D eigenvalue weighted by Crippen LogP contribution is 2.15. The van der Waals surface area contributed by atoms with Crippen molar-refractivity contribution >= 4 is 11.7 Å². The first kappa shape index (κ1) is 12.5. The molecule has 1 rings (SSSR count). The van der Waals surface area contributed by atoms with Crippen LogP contribution < -0.4 is 16.4 Å². The molecule has 0 fully saturated rings. The standard InChI is InChI=1S/C12H19N3O/c1-3-8-14-9(2)10-4-6-11(7-5-10)15-12(13)16/h4-7,9,14H,3,8H2,1-2H3,(H3,13,15,16). The number of amides is 2. The van der Waals surface area contributed by atoms with E-state index in [1.165, 1.54) is 5.56 Å². The van der Waals surface area contributed by atoms with Gasteiger partial charge in [-0.3, -0.25) is 0 Å². The molecule has 4 N–H and O–H groups in total. The molecule has 0 spiro atoms. The number of hydrogen-bond acceptors (Lipinski definition) is 2. The summed E-state index contributed by atoms with van der Waals surface area (Å²) >= 11 is 0. The van der Waals surface area contributed by atoms with Crippen molar-refractivity contribution in [1.29, 1.82) is 0 Å². The van der Waals surface area contributed by atoms with Crippen molar-refractivity contribution in [3.05, 3.63) is 29.8 Å². The quantitative estimate of drug-likeness (QED) is 0.713. The topological polar surface area (TPSA) is 67.2 Å². The Balaban J connectivity index is 2.59. The molecular weight excluding hydrogens is 202 g/mol. The van der Waals surface area contributed by atoms with Crippen LogP contribution in [0.4, 0.5) is 10.5 Å². The van der Waals surface area contributed by atoms with Crippen LogP contribution in [0.15, 0.2) is 24.3 Å². The number of benzene rings is 1. The second-order valence-electron chi connectivity index (χ2n) is 3.79. The van der Waals surface area contributed by atoms with Gasteiger partial charge in [0, 0.05) is 11.7 Å². The summed E-state index contributed by atoms with van der Waals surface area (Å²) in [4.78, 5) is 10.6. The Labute approximate surface area is 96.2 Å². The molecule has 88 valence electrons. The maximum atomic E-state index is 10.6. The van der Waals surface area contributed by atoms with Crippen LogP contribution in [0.5, 0.6) is 0 Å². The minimum absolute atomic E-state index is 0.322. The van der Waals surface area contributed by atoms with Crippen molar-refractivity contribution in [3.8, 4) is 0 Å². The van der Waals surface area contributed by atoms with Crippen LogP contribution in [0.2, 0.25) is 0 Å². The predicted octanol–water partition coefficient (Wildman–Crippen LogP) is 2.24. The third-order valence-electron chi connectivity index (χ3n) is 2.38. The lowest BCUT2D eigenvalue weighted by Gasteiger charge is -2.14. The zero-order valence-electron chi connectivity index (χ0n) is 9.79. The Morgan fingerprint density at radius 2 is 2.00 bits per heavy atom. The Bertz CT molecular complexity index is 335. The van der Waals surface area contributed by atoms with E-state index in [0.29, 0.717) is 6.04 Å². The lowest BCUT2D eigenvalue weighted by molar-refractivity contribution is 0.259. The van der Waals surface area contributed by atoms with Crippen molar-refractivity contribution in [2.24, 2.45) is 5.73 Å². The summed E-state index contributed by atoms with van der Waals surface area (Å²) in [5.74, 6) is 0. The van der Waals surface area contributed by atoms with Gasteiger partial charge in [-0.15, -0.1) is 0 Å². The van der Waals surface area contributed by atoms with Crippen molar-refractivity contribution in [2.45, 2.75) is 26.3 Å². The van der Waals surface area contributed by atoms with E-state index in [0.717, 1.165) is 18.7 Å². The minimum atomic E-state index is -0.537. The average molecular weight is 221 g/mol. The molecule has 0 heterocycles. The highest BCUT2D eigenvalue weighted by Gasteiger charge is 2.03. The van der Waals surface area contributed by atoms with Crippen molar-refractivity contribution < 1.29 is 4.79 Å².